The predicted octanol–water partition coefficient (Wildman–Crippen LogP) is 2.12. The van der Waals surface area contributed by atoms with Crippen molar-refractivity contribution in [1.29, 1.82) is 0 Å². The molecule has 158 valence electrons. The molecule has 1 fully saturated rings. The molecule has 2 aromatic carbocycles. The zero-order valence-electron chi connectivity index (χ0n) is 16.7. The van der Waals surface area contributed by atoms with Crippen molar-refractivity contribution in [2.75, 3.05) is 57.0 Å². The van der Waals surface area contributed by atoms with Crippen LogP contribution in [-0.4, -0.2) is 65.4 Å². The van der Waals surface area contributed by atoms with Gasteiger partial charge in [0, 0.05) is 45.0 Å². The molecule has 8 heteroatoms. The van der Waals surface area contributed by atoms with Crippen LogP contribution in [0.4, 0.5) is 10.1 Å². The van der Waals surface area contributed by atoms with Crippen molar-refractivity contribution < 1.29 is 17.5 Å². The second-order valence-electron chi connectivity index (χ2n) is 7.12. The lowest BCUT2D eigenvalue weighted by molar-refractivity contribution is 0.262. The molecular weight excluding hydrogens is 393 g/mol. The minimum absolute atomic E-state index is 0.0671. The highest BCUT2D eigenvalue weighted by atomic mass is 32.2. The van der Waals surface area contributed by atoms with E-state index in [0.29, 0.717) is 19.5 Å². The lowest BCUT2D eigenvalue weighted by Crippen LogP contribution is -2.48. The summed E-state index contributed by atoms with van der Waals surface area (Å²) in [6.07, 6.45) is 0.468. The minimum atomic E-state index is -3.31. The number of nitrogens with zero attached hydrogens (tertiary/aromatic N) is 2. The Bertz CT molecular complexity index is 865. The molecule has 1 aliphatic heterocycles. The second kappa shape index (κ2) is 10.0. The quantitative estimate of drug-likeness (QED) is 0.672. The topological polar surface area (TPSA) is 61.9 Å². The van der Waals surface area contributed by atoms with Crippen LogP contribution >= 0.6 is 0 Å². The summed E-state index contributed by atoms with van der Waals surface area (Å²) in [6.45, 7) is 4.47. The van der Waals surface area contributed by atoms with Gasteiger partial charge >= 0.3 is 0 Å². The fraction of sp³-hybridized carbons (Fsp3) is 0.429. The molecule has 1 heterocycles. The van der Waals surface area contributed by atoms with E-state index in [2.05, 4.69) is 14.5 Å². The standard InChI is InChI=1S/C21H28FN3O3S/c1-28-21-8-2-18(3-9-21)10-17-29(26,27)23-11-12-24-13-15-25(16-14-24)20-6-4-19(22)5-7-20/h2-9,23H,10-17H2,1H3. The third-order valence-corrected chi connectivity index (χ3v) is 6.52. The first kappa shape index (κ1) is 21.5. The van der Waals surface area contributed by atoms with Gasteiger partial charge in [0.05, 0.1) is 12.9 Å². The molecule has 0 aliphatic carbocycles. The average Bonchev–Trinajstić information content (AvgIpc) is 2.74. The van der Waals surface area contributed by atoms with Gasteiger partial charge in [0.2, 0.25) is 10.0 Å². The van der Waals surface area contributed by atoms with Crippen LogP contribution in [0.1, 0.15) is 5.56 Å². The number of aryl methyl sites for hydroxylation is 1. The summed E-state index contributed by atoms with van der Waals surface area (Å²) in [6, 6.07) is 14.0. The first-order valence-corrected chi connectivity index (χ1v) is 11.4. The Hall–Kier alpha value is -2.16. The summed E-state index contributed by atoms with van der Waals surface area (Å²) in [5.41, 5.74) is 1.98. The highest BCUT2D eigenvalue weighted by Gasteiger charge is 2.18. The maximum Gasteiger partial charge on any atom is 0.211 e. The Morgan fingerprint density at radius 1 is 1.00 bits per heavy atom. The van der Waals surface area contributed by atoms with E-state index in [4.69, 9.17) is 4.74 Å². The van der Waals surface area contributed by atoms with E-state index in [0.717, 1.165) is 43.2 Å². The molecule has 29 heavy (non-hydrogen) atoms. The van der Waals surface area contributed by atoms with Crippen LogP contribution in [0, 0.1) is 5.82 Å². The fourth-order valence-electron chi connectivity index (χ4n) is 3.36. The lowest BCUT2D eigenvalue weighted by atomic mass is 10.2. The molecule has 0 spiro atoms. The maximum atomic E-state index is 13.0. The summed E-state index contributed by atoms with van der Waals surface area (Å²) in [5, 5.41) is 0. The Morgan fingerprint density at radius 3 is 2.28 bits per heavy atom. The Kier molecular flexibility index (Phi) is 7.46. The lowest BCUT2D eigenvalue weighted by Gasteiger charge is -2.36. The number of methoxy groups -OCH3 is 1. The van der Waals surface area contributed by atoms with E-state index in [-0.39, 0.29) is 11.6 Å². The van der Waals surface area contributed by atoms with Gasteiger partial charge in [-0.3, -0.25) is 4.90 Å². The van der Waals surface area contributed by atoms with Gasteiger partial charge in [-0.15, -0.1) is 0 Å². The Labute approximate surface area is 172 Å². The molecule has 0 aromatic heterocycles. The van der Waals surface area contributed by atoms with Crippen molar-refractivity contribution in [3.63, 3.8) is 0 Å². The van der Waals surface area contributed by atoms with E-state index < -0.39 is 10.0 Å². The van der Waals surface area contributed by atoms with Crippen LogP contribution in [0.25, 0.3) is 0 Å². The number of hydrogen-bond donors (Lipinski definition) is 1. The molecule has 0 amide bonds. The van der Waals surface area contributed by atoms with Crippen molar-refractivity contribution in [1.82, 2.24) is 9.62 Å². The van der Waals surface area contributed by atoms with Gasteiger partial charge in [0.15, 0.2) is 0 Å². The number of sulfonamides is 1. The van der Waals surface area contributed by atoms with Gasteiger partial charge in [-0.1, -0.05) is 12.1 Å². The molecule has 1 saturated heterocycles. The average molecular weight is 422 g/mol. The van der Waals surface area contributed by atoms with Crippen molar-refractivity contribution in [2.45, 2.75) is 6.42 Å². The summed E-state index contributed by atoms with van der Waals surface area (Å²) < 4.78 is 45.3. The van der Waals surface area contributed by atoms with Crippen LogP contribution in [0.15, 0.2) is 48.5 Å². The minimum Gasteiger partial charge on any atom is -0.497 e. The highest BCUT2D eigenvalue weighted by Crippen LogP contribution is 2.16. The van der Waals surface area contributed by atoms with Gasteiger partial charge in [-0.2, -0.15) is 0 Å². The summed E-state index contributed by atoms with van der Waals surface area (Å²) in [7, 11) is -1.70. The molecule has 1 N–H and O–H groups in total. The number of piperazine rings is 1. The smallest absolute Gasteiger partial charge is 0.211 e. The van der Waals surface area contributed by atoms with E-state index in [1.54, 1.807) is 19.2 Å². The second-order valence-corrected chi connectivity index (χ2v) is 9.04. The zero-order valence-corrected chi connectivity index (χ0v) is 17.5. The first-order valence-electron chi connectivity index (χ1n) is 9.78. The number of ether oxygens (including phenoxy) is 1. The van der Waals surface area contributed by atoms with Gasteiger partial charge < -0.3 is 9.64 Å². The van der Waals surface area contributed by atoms with Crippen LogP contribution < -0.4 is 14.4 Å². The number of anilines is 1. The molecule has 0 saturated carbocycles. The van der Waals surface area contributed by atoms with Gasteiger partial charge in [0.1, 0.15) is 11.6 Å². The number of benzene rings is 2. The normalized spacial score (nSPS) is 15.4. The number of halogens is 1. The molecular formula is C21H28FN3O3S. The fourth-order valence-corrected chi connectivity index (χ4v) is 4.41. The molecule has 0 radical (unpaired) electrons. The molecule has 1 aliphatic rings. The zero-order chi connectivity index (χ0) is 20.7. The van der Waals surface area contributed by atoms with Crippen molar-refractivity contribution in [3.8, 4) is 5.75 Å². The van der Waals surface area contributed by atoms with Crippen molar-refractivity contribution in [2.24, 2.45) is 0 Å². The third kappa shape index (κ3) is 6.69. The van der Waals surface area contributed by atoms with Gasteiger partial charge in [0.25, 0.3) is 0 Å². The molecule has 6 nitrogen and oxygen atoms in total. The molecule has 0 bridgehead atoms. The number of hydrogen-bond acceptors (Lipinski definition) is 5. The van der Waals surface area contributed by atoms with E-state index in [9.17, 15) is 12.8 Å². The SMILES string of the molecule is COc1ccc(CCS(=O)(=O)NCCN2CCN(c3ccc(F)cc3)CC2)cc1. The highest BCUT2D eigenvalue weighted by molar-refractivity contribution is 7.89. The van der Waals surface area contributed by atoms with Crippen molar-refractivity contribution >= 4 is 15.7 Å². The van der Waals surface area contributed by atoms with Gasteiger partial charge in [-0.25, -0.2) is 17.5 Å². The third-order valence-electron chi connectivity index (χ3n) is 5.13. The van der Waals surface area contributed by atoms with Crippen LogP contribution in [-0.2, 0) is 16.4 Å². The van der Waals surface area contributed by atoms with E-state index in [1.165, 1.54) is 12.1 Å². The van der Waals surface area contributed by atoms with E-state index >= 15 is 0 Å². The number of rotatable bonds is 9. The Morgan fingerprint density at radius 2 is 1.66 bits per heavy atom. The van der Waals surface area contributed by atoms with Crippen LogP contribution in [0.3, 0.4) is 0 Å². The van der Waals surface area contributed by atoms with Gasteiger partial charge in [-0.05, 0) is 48.4 Å². The maximum absolute atomic E-state index is 13.0. The molecule has 0 unspecified atom stereocenters. The summed E-state index contributed by atoms with van der Waals surface area (Å²) in [5.74, 6) is 0.596. The van der Waals surface area contributed by atoms with Crippen LogP contribution in [0.5, 0.6) is 5.75 Å². The summed E-state index contributed by atoms with van der Waals surface area (Å²) >= 11 is 0. The summed E-state index contributed by atoms with van der Waals surface area (Å²) in [4.78, 5) is 4.46. The molecule has 2 aromatic rings. The predicted molar refractivity (Wildman–Crippen MR) is 114 cm³/mol. The molecule has 3 rings (SSSR count). The first-order chi connectivity index (χ1) is 13.9. The van der Waals surface area contributed by atoms with Crippen LogP contribution in [0.2, 0.25) is 0 Å². The Balaban J connectivity index is 1.36. The van der Waals surface area contributed by atoms with Crippen molar-refractivity contribution in [3.05, 3.63) is 59.9 Å². The number of nitrogens with one attached hydrogen (secondary N) is 1. The molecule has 0 atom stereocenters. The van der Waals surface area contributed by atoms with E-state index in [1.807, 2.05) is 24.3 Å². The monoisotopic (exact) mass is 421 g/mol. The largest absolute Gasteiger partial charge is 0.497 e.